The molecule has 0 bridgehead atoms. The number of fused-ring (bicyclic) bond motifs is 1. The predicted octanol–water partition coefficient (Wildman–Crippen LogP) is 2.14. The highest BCUT2D eigenvalue weighted by molar-refractivity contribution is 7.90. The molecule has 0 unspecified atom stereocenters. The lowest BCUT2D eigenvalue weighted by Gasteiger charge is -2.22. The van der Waals surface area contributed by atoms with Crippen molar-refractivity contribution in [2.75, 3.05) is 19.1 Å². The number of para-hydroxylation sites is 1. The van der Waals surface area contributed by atoms with Crippen LogP contribution in [0.5, 0.6) is 0 Å². The van der Waals surface area contributed by atoms with Crippen LogP contribution in [0.3, 0.4) is 0 Å². The fraction of sp³-hybridized carbons (Fsp3) is 0.294. The van der Waals surface area contributed by atoms with E-state index in [1.165, 1.54) is 17.2 Å². The third kappa shape index (κ3) is 4.63. The summed E-state index contributed by atoms with van der Waals surface area (Å²) >= 11 is 0. The molecule has 0 spiro atoms. The Morgan fingerprint density at radius 2 is 2.00 bits per heavy atom. The summed E-state index contributed by atoms with van der Waals surface area (Å²) in [5.74, 6) is -0.298. The van der Waals surface area contributed by atoms with Crippen molar-refractivity contribution in [3.8, 4) is 0 Å². The first-order chi connectivity index (χ1) is 10.8. The smallest absolute Gasteiger partial charge is 0.246 e. The van der Waals surface area contributed by atoms with E-state index in [1.807, 2.05) is 30.3 Å². The Labute approximate surface area is 136 Å². The van der Waals surface area contributed by atoms with E-state index in [0.717, 1.165) is 16.5 Å². The Kier molecular flexibility index (Phi) is 5.15. The van der Waals surface area contributed by atoms with E-state index >= 15 is 0 Å². The highest BCUT2D eigenvalue weighted by Crippen LogP contribution is 2.17. The Hall–Kier alpha value is -2.21. The van der Waals surface area contributed by atoms with Gasteiger partial charge in [0.1, 0.15) is 9.84 Å². The second-order valence-corrected chi connectivity index (χ2v) is 7.83. The molecule has 0 fully saturated rings. The van der Waals surface area contributed by atoms with Gasteiger partial charge in [-0.1, -0.05) is 24.3 Å². The van der Waals surface area contributed by atoms with Gasteiger partial charge in [-0.05, 0) is 19.1 Å². The summed E-state index contributed by atoms with van der Waals surface area (Å²) in [5.41, 5.74) is 1.67. The summed E-state index contributed by atoms with van der Waals surface area (Å²) in [4.78, 5) is 18.0. The van der Waals surface area contributed by atoms with E-state index in [4.69, 9.17) is 0 Å². The maximum atomic E-state index is 12.2. The lowest BCUT2D eigenvalue weighted by Crippen LogP contribution is -2.38. The SMILES string of the molecule is C[C@@H](CS(C)(=O)=O)N(C)C(=O)/C=C/c1cccc2cccnc12. The van der Waals surface area contributed by atoms with Gasteiger partial charge in [0.2, 0.25) is 5.91 Å². The van der Waals surface area contributed by atoms with Gasteiger partial charge in [0.05, 0.1) is 11.3 Å². The third-order valence-corrected chi connectivity index (χ3v) is 4.71. The normalized spacial score (nSPS) is 13.3. The fourth-order valence-electron chi connectivity index (χ4n) is 2.31. The van der Waals surface area contributed by atoms with Gasteiger partial charge in [0.15, 0.2) is 0 Å². The predicted molar refractivity (Wildman–Crippen MR) is 92.7 cm³/mol. The van der Waals surface area contributed by atoms with Crippen LogP contribution < -0.4 is 0 Å². The van der Waals surface area contributed by atoms with Gasteiger partial charge in [-0.2, -0.15) is 0 Å². The van der Waals surface area contributed by atoms with Gasteiger partial charge in [-0.25, -0.2) is 8.42 Å². The highest BCUT2D eigenvalue weighted by atomic mass is 32.2. The van der Waals surface area contributed by atoms with Crippen LogP contribution in [0.2, 0.25) is 0 Å². The minimum absolute atomic E-state index is 0.0566. The molecule has 1 heterocycles. The number of sulfone groups is 1. The van der Waals surface area contributed by atoms with Crippen molar-refractivity contribution in [3.63, 3.8) is 0 Å². The van der Waals surface area contributed by atoms with Crippen molar-refractivity contribution in [2.45, 2.75) is 13.0 Å². The summed E-state index contributed by atoms with van der Waals surface area (Å²) < 4.78 is 22.7. The third-order valence-electron chi connectivity index (χ3n) is 3.62. The average molecular weight is 332 g/mol. The van der Waals surface area contributed by atoms with E-state index in [2.05, 4.69) is 4.98 Å². The number of amides is 1. The number of likely N-dealkylation sites (N-methyl/N-ethyl adjacent to an activating group) is 1. The fourth-order valence-corrected chi connectivity index (χ4v) is 3.41. The van der Waals surface area contributed by atoms with Gasteiger partial charge < -0.3 is 4.90 Å². The molecule has 1 aromatic carbocycles. The number of pyridine rings is 1. The van der Waals surface area contributed by atoms with Gasteiger partial charge in [0.25, 0.3) is 0 Å². The van der Waals surface area contributed by atoms with E-state index in [9.17, 15) is 13.2 Å². The van der Waals surface area contributed by atoms with Crippen molar-refractivity contribution in [3.05, 3.63) is 48.2 Å². The zero-order valence-electron chi connectivity index (χ0n) is 13.4. The summed E-state index contributed by atoms with van der Waals surface area (Å²) in [6.45, 7) is 1.71. The zero-order valence-corrected chi connectivity index (χ0v) is 14.2. The number of nitrogens with zero attached hydrogens (tertiary/aromatic N) is 2. The summed E-state index contributed by atoms with van der Waals surface area (Å²) in [6, 6.07) is 9.20. The standard InChI is InChI=1S/C17H20N2O3S/c1-13(12-23(3,21)22)19(2)16(20)10-9-15-7-4-6-14-8-5-11-18-17(14)15/h4-11,13H,12H2,1-3H3/b10-9+/t13-/m0/s1. The van der Waals surface area contributed by atoms with Crippen LogP contribution in [-0.2, 0) is 14.6 Å². The molecule has 1 aromatic heterocycles. The Bertz CT molecular complexity index is 839. The molecule has 122 valence electrons. The molecule has 0 saturated carbocycles. The first kappa shape index (κ1) is 17.1. The lowest BCUT2D eigenvalue weighted by atomic mass is 10.1. The maximum Gasteiger partial charge on any atom is 0.246 e. The number of hydrogen-bond donors (Lipinski definition) is 0. The molecule has 1 amide bonds. The van der Waals surface area contributed by atoms with Crippen molar-refractivity contribution >= 4 is 32.7 Å². The van der Waals surface area contributed by atoms with Gasteiger partial charge >= 0.3 is 0 Å². The van der Waals surface area contributed by atoms with E-state index < -0.39 is 9.84 Å². The molecule has 2 aromatic rings. The molecule has 2 rings (SSSR count). The van der Waals surface area contributed by atoms with Gasteiger partial charge in [0, 0.05) is 42.6 Å². The highest BCUT2D eigenvalue weighted by Gasteiger charge is 2.18. The quantitative estimate of drug-likeness (QED) is 0.787. The minimum atomic E-state index is -3.13. The van der Waals surface area contributed by atoms with Crippen molar-refractivity contribution in [2.24, 2.45) is 0 Å². The second-order valence-electron chi connectivity index (χ2n) is 5.65. The van der Waals surface area contributed by atoms with Crippen LogP contribution in [0.4, 0.5) is 0 Å². The van der Waals surface area contributed by atoms with Crippen molar-refractivity contribution in [1.29, 1.82) is 0 Å². The van der Waals surface area contributed by atoms with E-state index in [-0.39, 0.29) is 17.7 Å². The molecule has 1 atom stereocenters. The van der Waals surface area contributed by atoms with Crippen LogP contribution in [0.15, 0.2) is 42.6 Å². The molecule has 23 heavy (non-hydrogen) atoms. The van der Waals surface area contributed by atoms with Crippen LogP contribution in [0.1, 0.15) is 12.5 Å². The molecule has 6 heteroatoms. The van der Waals surface area contributed by atoms with Crippen LogP contribution >= 0.6 is 0 Å². The monoisotopic (exact) mass is 332 g/mol. The number of carbonyl (C=O) groups is 1. The Balaban J connectivity index is 2.17. The molecular formula is C17H20N2O3S. The molecule has 0 aliphatic heterocycles. The second kappa shape index (κ2) is 6.91. The van der Waals surface area contributed by atoms with Crippen LogP contribution in [0, 0.1) is 0 Å². The first-order valence-corrected chi connectivity index (χ1v) is 9.30. The summed E-state index contributed by atoms with van der Waals surface area (Å²) in [7, 11) is -1.52. The molecule has 0 N–H and O–H groups in total. The number of carbonyl (C=O) groups excluding carboxylic acids is 1. The molecular weight excluding hydrogens is 312 g/mol. The van der Waals surface area contributed by atoms with Crippen molar-refractivity contribution in [1.82, 2.24) is 9.88 Å². The largest absolute Gasteiger partial charge is 0.338 e. The average Bonchev–Trinajstić information content (AvgIpc) is 2.50. The van der Waals surface area contributed by atoms with Crippen molar-refractivity contribution < 1.29 is 13.2 Å². The Morgan fingerprint density at radius 3 is 2.70 bits per heavy atom. The Morgan fingerprint density at radius 1 is 1.30 bits per heavy atom. The molecule has 0 aliphatic carbocycles. The lowest BCUT2D eigenvalue weighted by molar-refractivity contribution is -0.126. The molecule has 0 saturated heterocycles. The summed E-state index contributed by atoms with van der Waals surface area (Å²) in [5, 5.41) is 1.00. The number of hydrogen-bond acceptors (Lipinski definition) is 4. The minimum Gasteiger partial charge on any atom is -0.338 e. The van der Waals surface area contributed by atoms with E-state index in [1.54, 1.807) is 26.2 Å². The van der Waals surface area contributed by atoms with Crippen LogP contribution in [0.25, 0.3) is 17.0 Å². The molecule has 5 nitrogen and oxygen atoms in total. The van der Waals surface area contributed by atoms with Gasteiger partial charge in [-0.3, -0.25) is 9.78 Å². The topological polar surface area (TPSA) is 67.3 Å². The maximum absolute atomic E-state index is 12.2. The number of benzene rings is 1. The molecule has 0 radical (unpaired) electrons. The zero-order chi connectivity index (χ0) is 17.0. The molecule has 0 aliphatic rings. The van der Waals surface area contributed by atoms with Gasteiger partial charge in [-0.15, -0.1) is 0 Å². The summed E-state index contributed by atoms with van der Waals surface area (Å²) in [6.07, 6.45) is 6.03. The van der Waals surface area contributed by atoms with Crippen LogP contribution in [-0.4, -0.2) is 49.3 Å². The van der Waals surface area contributed by atoms with E-state index in [0.29, 0.717) is 0 Å². The number of rotatable bonds is 5. The number of aromatic nitrogens is 1. The first-order valence-electron chi connectivity index (χ1n) is 7.24.